The Labute approximate surface area is 125 Å². The number of rotatable bonds is 4. The molecule has 0 fully saturated rings. The van der Waals surface area contributed by atoms with Crippen molar-refractivity contribution in [1.82, 2.24) is 0 Å². The Morgan fingerprint density at radius 3 is 2.48 bits per heavy atom. The van der Waals surface area contributed by atoms with Crippen molar-refractivity contribution in [3.63, 3.8) is 0 Å². The van der Waals surface area contributed by atoms with Gasteiger partial charge in [0.25, 0.3) is 0 Å². The minimum Gasteiger partial charge on any atom is -0.389 e. The van der Waals surface area contributed by atoms with Gasteiger partial charge in [0.05, 0.1) is 11.7 Å². The van der Waals surface area contributed by atoms with Crippen LogP contribution in [-0.4, -0.2) is 5.11 Å². The molecule has 1 nitrogen and oxygen atoms in total. The molecule has 21 heavy (non-hydrogen) atoms. The van der Waals surface area contributed by atoms with E-state index in [0.717, 1.165) is 16.5 Å². The third-order valence-corrected chi connectivity index (χ3v) is 4.07. The molecule has 0 heterocycles. The first-order valence-corrected chi connectivity index (χ1v) is 7.42. The monoisotopic (exact) mass is 312 g/mol. The summed E-state index contributed by atoms with van der Waals surface area (Å²) >= 11 is 1.45. The Hall–Kier alpha value is -1.46. The van der Waals surface area contributed by atoms with E-state index >= 15 is 0 Å². The smallest absolute Gasteiger partial charge is 0.389 e. The molecule has 0 bridgehead atoms. The van der Waals surface area contributed by atoms with E-state index in [1.807, 2.05) is 24.3 Å². The van der Waals surface area contributed by atoms with Gasteiger partial charge in [0.15, 0.2) is 0 Å². The summed E-state index contributed by atoms with van der Waals surface area (Å²) in [6.45, 7) is 1.68. The predicted molar refractivity (Wildman–Crippen MR) is 78.1 cm³/mol. The highest BCUT2D eigenvalue weighted by atomic mass is 32.2. The summed E-state index contributed by atoms with van der Waals surface area (Å²) in [4.78, 5) is 0.922. The maximum Gasteiger partial charge on any atom is 0.416 e. The molecule has 0 saturated carbocycles. The maximum atomic E-state index is 12.6. The standard InChI is InChI=1S/C16H15F3OS/c1-11(20)13-5-3-7-15(9-13)21-10-12-4-2-6-14(8-12)16(17,18)19/h2-9,11,20H,10H2,1H3. The van der Waals surface area contributed by atoms with Gasteiger partial charge in [-0.1, -0.05) is 30.3 Å². The van der Waals surface area contributed by atoms with Gasteiger partial charge >= 0.3 is 6.18 Å². The Balaban J connectivity index is 2.08. The lowest BCUT2D eigenvalue weighted by atomic mass is 10.1. The molecule has 1 atom stereocenters. The molecule has 112 valence electrons. The van der Waals surface area contributed by atoms with Crippen molar-refractivity contribution in [1.29, 1.82) is 0 Å². The van der Waals surface area contributed by atoms with Gasteiger partial charge in [0.1, 0.15) is 0 Å². The van der Waals surface area contributed by atoms with E-state index in [9.17, 15) is 18.3 Å². The van der Waals surface area contributed by atoms with Crippen LogP contribution < -0.4 is 0 Å². The zero-order chi connectivity index (χ0) is 15.5. The van der Waals surface area contributed by atoms with Crippen LogP contribution in [0.25, 0.3) is 0 Å². The van der Waals surface area contributed by atoms with Crippen LogP contribution in [0.1, 0.15) is 29.7 Å². The molecular weight excluding hydrogens is 297 g/mol. The molecule has 0 spiro atoms. The van der Waals surface area contributed by atoms with Crippen LogP contribution in [0.15, 0.2) is 53.4 Å². The number of thioether (sulfide) groups is 1. The molecule has 0 radical (unpaired) electrons. The lowest BCUT2D eigenvalue weighted by molar-refractivity contribution is -0.137. The minimum absolute atomic E-state index is 0.452. The van der Waals surface area contributed by atoms with Gasteiger partial charge in [0, 0.05) is 10.6 Å². The summed E-state index contributed by atoms with van der Waals surface area (Å²) < 4.78 is 37.9. The van der Waals surface area contributed by atoms with E-state index in [-0.39, 0.29) is 0 Å². The fraction of sp³-hybridized carbons (Fsp3) is 0.250. The zero-order valence-electron chi connectivity index (χ0n) is 11.4. The molecule has 0 aliphatic heterocycles. The van der Waals surface area contributed by atoms with Gasteiger partial charge in [-0.15, -0.1) is 11.8 Å². The van der Waals surface area contributed by atoms with Crippen molar-refractivity contribution < 1.29 is 18.3 Å². The van der Waals surface area contributed by atoms with Crippen molar-refractivity contribution in [2.24, 2.45) is 0 Å². The van der Waals surface area contributed by atoms with E-state index < -0.39 is 17.8 Å². The van der Waals surface area contributed by atoms with Gasteiger partial charge < -0.3 is 5.11 Å². The van der Waals surface area contributed by atoms with Gasteiger partial charge in [-0.25, -0.2) is 0 Å². The van der Waals surface area contributed by atoms with Gasteiger partial charge in [-0.3, -0.25) is 0 Å². The highest BCUT2D eigenvalue weighted by Crippen LogP contribution is 2.31. The van der Waals surface area contributed by atoms with E-state index in [0.29, 0.717) is 11.3 Å². The molecule has 1 N–H and O–H groups in total. The molecule has 0 saturated heterocycles. The third-order valence-electron chi connectivity index (χ3n) is 3.00. The van der Waals surface area contributed by atoms with Crippen molar-refractivity contribution in [3.05, 3.63) is 65.2 Å². The van der Waals surface area contributed by atoms with Crippen LogP contribution in [0.5, 0.6) is 0 Å². The van der Waals surface area contributed by atoms with Gasteiger partial charge in [-0.05, 0) is 36.2 Å². The third kappa shape index (κ3) is 4.51. The lowest BCUT2D eigenvalue weighted by Crippen LogP contribution is -2.04. The summed E-state index contributed by atoms with van der Waals surface area (Å²) in [5.74, 6) is 0.452. The van der Waals surface area contributed by atoms with E-state index in [4.69, 9.17) is 0 Å². The van der Waals surface area contributed by atoms with Gasteiger partial charge in [-0.2, -0.15) is 13.2 Å². The second-order valence-electron chi connectivity index (χ2n) is 4.74. The van der Waals surface area contributed by atoms with Crippen LogP contribution >= 0.6 is 11.8 Å². The second-order valence-corrected chi connectivity index (χ2v) is 5.78. The highest BCUT2D eigenvalue weighted by molar-refractivity contribution is 7.98. The molecular formula is C16H15F3OS. The van der Waals surface area contributed by atoms with Crippen LogP contribution in [0, 0.1) is 0 Å². The van der Waals surface area contributed by atoms with E-state index in [2.05, 4.69) is 0 Å². The summed E-state index contributed by atoms with van der Waals surface area (Å²) in [6, 6.07) is 12.7. The summed E-state index contributed by atoms with van der Waals surface area (Å²) in [6.07, 6.45) is -4.87. The molecule has 5 heteroatoms. The summed E-state index contributed by atoms with van der Waals surface area (Å²) in [5.41, 5.74) is 0.791. The maximum absolute atomic E-state index is 12.6. The first-order chi connectivity index (χ1) is 9.86. The summed E-state index contributed by atoms with van der Waals surface area (Å²) in [5, 5.41) is 9.53. The topological polar surface area (TPSA) is 20.2 Å². The number of aliphatic hydroxyl groups excluding tert-OH is 1. The molecule has 0 aliphatic carbocycles. The van der Waals surface area contributed by atoms with Crippen LogP contribution in [0.3, 0.4) is 0 Å². The number of alkyl halides is 3. The van der Waals surface area contributed by atoms with Crippen LogP contribution in [-0.2, 0) is 11.9 Å². The highest BCUT2D eigenvalue weighted by Gasteiger charge is 2.30. The summed E-state index contributed by atoms with van der Waals surface area (Å²) in [7, 11) is 0. The normalized spacial score (nSPS) is 13.2. The average molecular weight is 312 g/mol. The number of benzene rings is 2. The Morgan fingerprint density at radius 1 is 1.10 bits per heavy atom. The first-order valence-electron chi connectivity index (χ1n) is 6.43. The molecule has 2 aromatic rings. The van der Waals surface area contributed by atoms with E-state index in [1.54, 1.807) is 13.0 Å². The van der Waals surface area contributed by atoms with Gasteiger partial charge in [0.2, 0.25) is 0 Å². The predicted octanol–water partition coefficient (Wildman–Crippen LogP) is 5.05. The fourth-order valence-corrected chi connectivity index (χ4v) is 2.78. The van der Waals surface area contributed by atoms with Crippen molar-refractivity contribution in [2.75, 3.05) is 0 Å². The fourth-order valence-electron chi connectivity index (χ4n) is 1.87. The average Bonchev–Trinajstić information content (AvgIpc) is 2.45. The van der Waals surface area contributed by atoms with E-state index in [1.165, 1.54) is 23.9 Å². The number of aliphatic hydroxyl groups is 1. The largest absolute Gasteiger partial charge is 0.416 e. The molecule has 0 aromatic heterocycles. The molecule has 0 amide bonds. The number of hydrogen-bond acceptors (Lipinski definition) is 2. The number of halogens is 3. The Kier molecular flexibility index (Phi) is 4.96. The quantitative estimate of drug-likeness (QED) is 0.797. The minimum atomic E-state index is -4.31. The van der Waals surface area contributed by atoms with Crippen LogP contribution in [0.2, 0.25) is 0 Å². The zero-order valence-corrected chi connectivity index (χ0v) is 12.2. The molecule has 0 aliphatic rings. The Morgan fingerprint density at radius 2 is 1.81 bits per heavy atom. The van der Waals surface area contributed by atoms with Crippen molar-refractivity contribution in [2.45, 2.75) is 29.9 Å². The van der Waals surface area contributed by atoms with Crippen LogP contribution in [0.4, 0.5) is 13.2 Å². The molecule has 1 unspecified atom stereocenters. The molecule has 2 aromatic carbocycles. The first kappa shape index (κ1) is 15.9. The molecule has 2 rings (SSSR count). The van der Waals surface area contributed by atoms with Crippen molar-refractivity contribution in [3.8, 4) is 0 Å². The van der Waals surface area contributed by atoms with Crippen molar-refractivity contribution >= 4 is 11.8 Å². The SMILES string of the molecule is CC(O)c1cccc(SCc2cccc(C(F)(F)F)c2)c1. The number of hydrogen-bond donors (Lipinski definition) is 1. The second kappa shape index (κ2) is 6.54. The Bertz CT molecular complexity index is 608. The lowest BCUT2D eigenvalue weighted by Gasteiger charge is -2.09.